The highest BCUT2D eigenvalue weighted by Crippen LogP contribution is 1.95. The van der Waals surface area contributed by atoms with Gasteiger partial charge in [0.05, 0.1) is 11.3 Å². The minimum atomic E-state index is -0.280. The number of hydrogen-bond donors (Lipinski definition) is 2. The van der Waals surface area contributed by atoms with Crippen LogP contribution in [-0.4, -0.2) is 11.7 Å². The van der Waals surface area contributed by atoms with Gasteiger partial charge in [-0.15, -0.1) is 0 Å². The van der Waals surface area contributed by atoms with Crippen molar-refractivity contribution in [3.63, 3.8) is 0 Å². The number of guanidine groups is 1. The molecule has 0 aliphatic heterocycles. The second-order valence-corrected chi connectivity index (χ2v) is 1.90. The van der Waals surface area contributed by atoms with Gasteiger partial charge in [0, 0.05) is 0 Å². The molecule has 58 valence electrons. The average Bonchev–Trinajstić information content (AvgIpc) is 1.88. The molecule has 3 N–H and O–H groups in total. The van der Waals surface area contributed by atoms with Crippen LogP contribution in [0.15, 0.2) is 16.6 Å². The zero-order chi connectivity index (χ0) is 8.85. The van der Waals surface area contributed by atoms with E-state index in [0.29, 0.717) is 11.3 Å². The first-order valence-corrected chi connectivity index (χ1v) is 3.08. The van der Waals surface area contributed by atoms with Gasteiger partial charge < -0.3 is 5.73 Å². The Morgan fingerprint density at radius 3 is 2.55 bits per heavy atom. The largest absolute Gasteiger partial charge is 0.368 e. The van der Waals surface area contributed by atoms with Gasteiger partial charge in [-0.05, 0) is 13.8 Å². The van der Waals surface area contributed by atoms with E-state index in [1.54, 1.807) is 19.9 Å². The first kappa shape index (κ1) is 9.37. The first-order chi connectivity index (χ1) is 5.11. The van der Waals surface area contributed by atoms with Gasteiger partial charge in [-0.1, -0.05) is 6.08 Å². The van der Waals surface area contributed by atoms with Crippen molar-refractivity contribution in [2.45, 2.75) is 13.8 Å². The predicted molar refractivity (Wildman–Crippen MR) is 44.4 cm³/mol. The summed E-state index contributed by atoms with van der Waals surface area (Å²) in [5.74, 6) is -0.280. The lowest BCUT2D eigenvalue weighted by molar-refractivity contribution is 1.37. The minimum Gasteiger partial charge on any atom is -0.368 e. The Bertz CT molecular complexity index is 254. The van der Waals surface area contributed by atoms with Crippen LogP contribution in [0.4, 0.5) is 0 Å². The molecule has 0 rings (SSSR count). The zero-order valence-corrected chi connectivity index (χ0v) is 6.55. The number of nitrogens with one attached hydrogen (secondary N) is 1. The summed E-state index contributed by atoms with van der Waals surface area (Å²) < 4.78 is 0. The van der Waals surface area contributed by atoms with Crippen LogP contribution in [0.3, 0.4) is 0 Å². The van der Waals surface area contributed by atoms with Crippen LogP contribution in [0.5, 0.6) is 0 Å². The fraction of sp³-hybridized carbons (Fsp3) is 0.286. The second-order valence-electron chi connectivity index (χ2n) is 1.90. The topological polar surface area (TPSA) is 86.0 Å². The van der Waals surface area contributed by atoms with E-state index in [0.717, 1.165) is 0 Å². The maximum Gasteiger partial charge on any atom is 0.212 e. The third-order valence-corrected chi connectivity index (χ3v) is 1.09. The number of hydrogen-bond acceptors (Lipinski definition) is 2. The molecule has 0 bridgehead atoms. The van der Waals surface area contributed by atoms with Crippen LogP contribution in [0.1, 0.15) is 13.8 Å². The number of nitrogens with zero attached hydrogens (tertiary/aromatic N) is 2. The van der Waals surface area contributed by atoms with Crippen LogP contribution in [0, 0.1) is 16.7 Å². The molecule has 0 saturated heterocycles. The quantitative estimate of drug-likeness (QED) is 0.329. The highest BCUT2D eigenvalue weighted by atomic mass is 15.0. The van der Waals surface area contributed by atoms with Crippen LogP contribution < -0.4 is 5.73 Å². The Morgan fingerprint density at radius 1 is 1.73 bits per heavy atom. The smallest absolute Gasteiger partial charge is 0.212 e. The molecule has 0 atom stereocenters. The lowest BCUT2D eigenvalue weighted by atomic mass is 10.2. The van der Waals surface area contributed by atoms with Crippen molar-refractivity contribution >= 4 is 11.7 Å². The highest BCUT2D eigenvalue weighted by Gasteiger charge is 1.97. The standard InChI is InChI=1S/C7H10N4/c1-3-6(4-8)5(2)11-7(9)10/h3H,1-2H3,(H3,9,10)/b6-3-,11-5?. The van der Waals surface area contributed by atoms with Gasteiger partial charge in [-0.2, -0.15) is 5.26 Å². The Kier molecular flexibility index (Phi) is 3.60. The number of allylic oxidation sites excluding steroid dienone is 2. The molecule has 0 amide bonds. The lowest BCUT2D eigenvalue weighted by Crippen LogP contribution is -2.09. The van der Waals surface area contributed by atoms with Crippen LogP contribution >= 0.6 is 0 Å². The predicted octanol–water partition coefficient (Wildman–Crippen LogP) is 0.811. The Hall–Kier alpha value is -1.63. The van der Waals surface area contributed by atoms with Gasteiger partial charge in [0.15, 0.2) is 0 Å². The molecule has 0 saturated carbocycles. The van der Waals surface area contributed by atoms with Crippen molar-refractivity contribution in [2.24, 2.45) is 10.7 Å². The molecule has 0 aromatic carbocycles. The summed E-state index contributed by atoms with van der Waals surface area (Å²) in [4.78, 5) is 3.61. The fourth-order valence-electron chi connectivity index (χ4n) is 0.595. The van der Waals surface area contributed by atoms with Crippen molar-refractivity contribution in [1.29, 1.82) is 10.7 Å². The first-order valence-electron chi connectivity index (χ1n) is 3.08. The summed E-state index contributed by atoms with van der Waals surface area (Å²) in [5.41, 5.74) is 5.92. The summed E-state index contributed by atoms with van der Waals surface area (Å²) in [6.07, 6.45) is 1.63. The SMILES string of the molecule is C/C=C(/C#N)C(C)=NC(=N)N. The van der Waals surface area contributed by atoms with Gasteiger partial charge in [0.25, 0.3) is 0 Å². The highest BCUT2D eigenvalue weighted by molar-refractivity contribution is 6.06. The van der Waals surface area contributed by atoms with E-state index in [4.69, 9.17) is 16.4 Å². The van der Waals surface area contributed by atoms with Crippen LogP contribution in [0.2, 0.25) is 0 Å². The minimum absolute atomic E-state index is 0.280. The molecule has 4 nitrogen and oxygen atoms in total. The van der Waals surface area contributed by atoms with Gasteiger partial charge in [-0.3, -0.25) is 5.41 Å². The van der Waals surface area contributed by atoms with Crippen molar-refractivity contribution in [3.05, 3.63) is 11.6 Å². The molecular weight excluding hydrogens is 140 g/mol. The molecule has 11 heavy (non-hydrogen) atoms. The molecule has 0 fully saturated rings. The van der Waals surface area contributed by atoms with Crippen molar-refractivity contribution in [2.75, 3.05) is 0 Å². The summed E-state index contributed by atoms with van der Waals surface area (Å²) in [7, 11) is 0. The van der Waals surface area contributed by atoms with Crippen molar-refractivity contribution < 1.29 is 0 Å². The van der Waals surface area contributed by atoms with Gasteiger partial charge in [0.1, 0.15) is 6.07 Å². The summed E-state index contributed by atoms with van der Waals surface area (Å²) in [6, 6.07) is 1.93. The van der Waals surface area contributed by atoms with Gasteiger partial charge in [-0.25, -0.2) is 4.99 Å². The number of nitrogens with two attached hydrogens (primary N) is 1. The Labute approximate surface area is 65.6 Å². The van der Waals surface area contributed by atoms with E-state index < -0.39 is 0 Å². The fourth-order valence-corrected chi connectivity index (χ4v) is 0.595. The van der Waals surface area contributed by atoms with E-state index in [-0.39, 0.29) is 5.96 Å². The lowest BCUT2D eigenvalue weighted by Gasteiger charge is -1.94. The zero-order valence-electron chi connectivity index (χ0n) is 6.55. The molecule has 0 aromatic heterocycles. The van der Waals surface area contributed by atoms with Crippen molar-refractivity contribution in [1.82, 2.24) is 0 Å². The molecule has 0 aromatic rings. The Balaban J connectivity index is 4.63. The molecule has 0 radical (unpaired) electrons. The number of nitriles is 1. The monoisotopic (exact) mass is 150 g/mol. The third-order valence-electron chi connectivity index (χ3n) is 1.09. The molecular formula is C7H10N4. The Morgan fingerprint density at radius 2 is 2.27 bits per heavy atom. The van der Waals surface area contributed by atoms with Gasteiger partial charge >= 0.3 is 0 Å². The van der Waals surface area contributed by atoms with Crippen molar-refractivity contribution in [3.8, 4) is 6.07 Å². The molecule has 0 aliphatic rings. The molecule has 0 spiro atoms. The summed E-state index contributed by atoms with van der Waals surface area (Å²) in [6.45, 7) is 3.37. The second kappa shape index (κ2) is 4.23. The van der Waals surface area contributed by atoms with Crippen LogP contribution in [-0.2, 0) is 0 Å². The van der Waals surface area contributed by atoms with E-state index in [9.17, 15) is 0 Å². The summed E-state index contributed by atoms with van der Waals surface area (Å²) in [5, 5.41) is 15.3. The number of aliphatic imine (C=N–C) groups is 1. The summed E-state index contributed by atoms with van der Waals surface area (Å²) >= 11 is 0. The maximum atomic E-state index is 8.50. The van der Waals surface area contributed by atoms with Crippen LogP contribution in [0.25, 0.3) is 0 Å². The average molecular weight is 150 g/mol. The molecule has 4 heteroatoms. The van der Waals surface area contributed by atoms with E-state index in [1.807, 2.05) is 6.07 Å². The molecule has 0 aliphatic carbocycles. The third kappa shape index (κ3) is 3.16. The maximum absolute atomic E-state index is 8.50. The van der Waals surface area contributed by atoms with E-state index in [1.165, 1.54) is 0 Å². The van der Waals surface area contributed by atoms with E-state index in [2.05, 4.69) is 4.99 Å². The molecule has 0 unspecified atom stereocenters. The number of rotatable bonds is 1. The normalized spacial score (nSPS) is 12.5. The van der Waals surface area contributed by atoms with Gasteiger partial charge in [0.2, 0.25) is 5.96 Å². The van der Waals surface area contributed by atoms with E-state index >= 15 is 0 Å². The molecule has 0 heterocycles.